The van der Waals surface area contributed by atoms with Gasteiger partial charge in [-0.1, -0.05) is 18.2 Å². The van der Waals surface area contributed by atoms with Gasteiger partial charge in [-0.3, -0.25) is 4.57 Å². The predicted octanol–water partition coefficient (Wildman–Crippen LogP) is 2.74. The lowest BCUT2D eigenvalue weighted by Crippen LogP contribution is -2.12. The number of imidazole rings is 1. The zero-order valence-corrected chi connectivity index (χ0v) is 13.2. The van der Waals surface area contributed by atoms with Crippen LogP contribution in [-0.2, 0) is 4.74 Å². The van der Waals surface area contributed by atoms with Crippen molar-refractivity contribution in [2.75, 3.05) is 19.8 Å². The number of hydrogen-bond donors (Lipinski definition) is 0. The molecular weight excluding hydrogens is 304 g/mol. The monoisotopic (exact) mass is 322 g/mol. The van der Waals surface area contributed by atoms with Gasteiger partial charge in [0, 0.05) is 48.4 Å². The molecule has 0 spiro atoms. The number of hydrogen-bond acceptors (Lipinski definition) is 5. The van der Waals surface area contributed by atoms with Crippen LogP contribution in [0.25, 0.3) is 17.1 Å². The molecule has 1 fully saturated rings. The van der Waals surface area contributed by atoms with Crippen molar-refractivity contribution in [3.63, 3.8) is 0 Å². The largest absolute Gasteiger partial charge is 0.493 e. The molecule has 0 amide bonds. The van der Waals surface area contributed by atoms with Gasteiger partial charge >= 0.3 is 0 Å². The number of aromatic nitrogens is 4. The molecule has 0 N–H and O–H groups in total. The van der Waals surface area contributed by atoms with Gasteiger partial charge in [0.15, 0.2) is 0 Å². The summed E-state index contributed by atoms with van der Waals surface area (Å²) in [4.78, 5) is 12.8. The van der Waals surface area contributed by atoms with Gasteiger partial charge in [0.1, 0.15) is 12.1 Å². The Balaban J connectivity index is 1.54. The van der Waals surface area contributed by atoms with Crippen LogP contribution >= 0.6 is 0 Å². The van der Waals surface area contributed by atoms with Crippen molar-refractivity contribution in [2.45, 2.75) is 6.42 Å². The average molecular weight is 322 g/mol. The van der Waals surface area contributed by atoms with Gasteiger partial charge in [0.2, 0.25) is 5.95 Å². The molecule has 6 heteroatoms. The molecule has 6 nitrogen and oxygen atoms in total. The van der Waals surface area contributed by atoms with E-state index in [0.29, 0.717) is 18.5 Å². The maximum atomic E-state index is 6.03. The molecule has 3 aromatic rings. The lowest BCUT2D eigenvalue weighted by atomic mass is 10.1. The Bertz CT molecular complexity index is 781. The maximum Gasteiger partial charge on any atom is 0.234 e. The number of rotatable bonds is 5. The van der Waals surface area contributed by atoms with Crippen LogP contribution in [-0.4, -0.2) is 39.3 Å². The number of nitrogens with zero attached hydrogens (tertiary/aromatic N) is 4. The topological polar surface area (TPSA) is 62.1 Å². The number of para-hydroxylation sites is 1. The van der Waals surface area contributed by atoms with E-state index in [0.717, 1.165) is 36.5 Å². The number of benzene rings is 1. The molecule has 1 aliphatic rings. The maximum absolute atomic E-state index is 6.03. The van der Waals surface area contributed by atoms with Crippen LogP contribution in [0.15, 0.2) is 55.4 Å². The van der Waals surface area contributed by atoms with Crippen molar-refractivity contribution < 1.29 is 9.47 Å². The average Bonchev–Trinajstić information content (AvgIpc) is 3.34. The van der Waals surface area contributed by atoms with E-state index in [1.54, 1.807) is 17.1 Å². The highest BCUT2D eigenvalue weighted by Gasteiger charge is 2.17. The van der Waals surface area contributed by atoms with Gasteiger partial charge in [0.05, 0.1) is 13.2 Å². The molecule has 4 rings (SSSR count). The Morgan fingerprint density at radius 1 is 1.21 bits per heavy atom. The summed E-state index contributed by atoms with van der Waals surface area (Å²) in [6.07, 6.45) is 9.87. The summed E-state index contributed by atoms with van der Waals surface area (Å²) in [5.41, 5.74) is 1.92. The van der Waals surface area contributed by atoms with E-state index in [4.69, 9.17) is 9.47 Å². The summed E-state index contributed by atoms with van der Waals surface area (Å²) in [7, 11) is 0. The normalized spacial score (nSPS) is 17.1. The van der Waals surface area contributed by atoms with Crippen molar-refractivity contribution >= 4 is 0 Å². The minimum absolute atomic E-state index is 0.470. The molecule has 0 bridgehead atoms. The van der Waals surface area contributed by atoms with Crippen molar-refractivity contribution in [2.24, 2.45) is 5.92 Å². The van der Waals surface area contributed by atoms with E-state index < -0.39 is 0 Å². The highest BCUT2D eigenvalue weighted by molar-refractivity contribution is 5.69. The summed E-state index contributed by atoms with van der Waals surface area (Å²) < 4.78 is 13.2. The van der Waals surface area contributed by atoms with Gasteiger partial charge in [-0.15, -0.1) is 0 Å². The van der Waals surface area contributed by atoms with E-state index in [1.165, 1.54) is 0 Å². The molecule has 1 aliphatic heterocycles. The van der Waals surface area contributed by atoms with Gasteiger partial charge in [0.25, 0.3) is 0 Å². The summed E-state index contributed by atoms with van der Waals surface area (Å²) >= 11 is 0. The SMILES string of the molecule is c1ccc(-c2cnc(-n3ccnc3)nc2)c(OCC2CCOC2)c1. The highest BCUT2D eigenvalue weighted by atomic mass is 16.5. The minimum Gasteiger partial charge on any atom is -0.493 e. The second-order valence-electron chi connectivity index (χ2n) is 5.78. The van der Waals surface area contributed by atoms with Crippen LogP contribution in [0.3, 0.4) is 0 Å². The molecular formula is C18H18N4O2. The Hall–Kier alpha value is -2.73. The van der Waals surface area contributed by atoms with E-state index >= 15 is 0 Å². The summed E-state index contributed by atoms with van der Waals surface area (Å²) in [5.74, 6) is 1.92. The van der Waals surface area contributed by atoms with E-state index in [2.05, 4.69) is 15.0 Å². The molecule has 0 saturated carbocycles. The van der Waals surface area contributed by atoms with Crippen LogP contribution in [0.4, 0.5) is 0 Å². The van der Waals surface area contributed by atoms with E-state index in [1.807, 2.05) is 42.9 Å². The summed E-state index contributed by atoms with van der Waals surface area (Å²) in [6.45, 7) is 2.29. The molecule has 1 aromatic carbocycles. The minimum atomic E-state index is 0.470. The van der Waals surface area contributed by atoms with E-state index in [9.17, 15) is 0 Å². The highest BCUT2D eigenvalue weighted by Crippen LogP contribution is 2.29. The molecule has 2 aromatic heterocycles. The molecule has 24 heavy (non-hydrogen) atoms. The van der Waals surface area contributed by atoms with Gasteiger partial charge in [-0.25, -0.2) is 15.0 Å². The molecule has 1 unspecified atom stereocenters. The smallest absolute Gasteiger partial charge is 0.234 e. The van der Waals surface area contributed by atoms with Crippen molar-refractivity contribution in [3.05, 3.63) is 55.4 Å². The standard InChI is InChI=1S/C18H18N4O2/c1-2-4-17(24-12-14-5-8-23-11-14)16(3-1)15-9-20-18(21-10-15)22-7-6-19-13-22/h1-4,6-7,9-10,13-14H,5,8,11-12H2. The number of ether oxygens (including phenoxy) is 2. The summed E-state index contributed by atoms with van der Waals surface area (Å²) in [6, 6.07) is 7.97. The fourth-order valence-electron chi connectivity index (χ4n) is 2.72. The zero-order valence-electron chi connectivity index (χ0n) is 13.2. The first-order valence-corrected chi connectivity index (χ1v) is 8.00. The van der Waals surface area contributed by atoms with Crippen molar-refractivity contribution in [1.29, 1.82) is 0 Å². The second-order valence-corrected chi connectivity index (χ2v) is 5.78. The van der Waals surface area contributed by atoms with Crippen LogP contribution in [0, 0.1) is 5.92 Å². The molecule has 3 heterocycles. The second kappa shape index (κ2) is 6.80. The third-order valence-corrected chi connectivity index (χ3v) is 4.07. The fraction of sp³-hybridized carbons (Fsp3) is 0.278. The Labute approximate surface area is 140 Å². The van der Waals surface area contributed by atoms with Gasteiger partial charge < -0.3 is 9.47 Å². The molecule has 1 atom stereocenters. The van der Waals surface area contributed by atoms with Crippen LogP contribution in [0.5, 0.6) is 5.75 Å². The molecule has 122 valence electrons. The van der Waals surface area contributed by atoms with Crippen molar-refractivity contribution in [3.8, 4) is 22.8 Å². The quantitative estimate of drug-likeness (QED) is 0.723. The van der Waals surface area contributed by atoms with E-state index in [-0.39, 0.29) is 0 Å². The van der Waals surface area contributed by atoms with Crippen LogP contribution in [0.1, 0.15) is 6.42 Å². The Kier molecular flexibility index (Phi) is 4.20. The van der Waals surface area contributed by atoms with Crippen molar-refractivity contribution in [1.82, 2.24) is 19.5 Å². The lowest BCUT2D eigenvalue weighted by Gasteiger charge is -2.14. The van der Waals surface area contributed by atoms with Gasteiger partial charge in [-0.2, -0.15) is 0 Å². The molecule has 0 aliphatic carbocycles. The third-order valence-electron chi connectivity index (χ3n) is 4.07. The Morgan fingerprint density at radius 3 is 2.83 bits per heavy atom. The van der Waals surface area contributed by atoms with Crippen LogP contribution < -0.4 is 4.74 Å². The fourth-order valence-corrected chi connectivity index (χ4v) is 2.72. The third kappa shape index (κ3) is 3.14. The first-order valence-electron chi connectivity index (χ1n) is 8.00. The first kappa shape index (κ1) is 14.8. The van der Waals surface area contributed by atoms with Gasteiger partial charge in [-0.05, 0) is 12.5 Å². The Morgan fingerprint density at radius 2 is 2.08 bits per heavy atom. The first-order chi connectivity index (χ1) is 11.9. The predicted molar refractivity (Wildman–Crippen MR) is 89.0 cm³/mol. The molecule has 0 radical (unpaired) electrons. The summed E-state index contributed by atoms with van der Waals surface area (Å²) in [5, 5.41) is 0. The zero-order chi connectivity index (χ0) is 16.2. The molecule has 1 saturated heterocycles. The lowest BCUT2D eigenvalue weighted by molar-refractivity contribution is 0.167. The van der Waals surface area contributed by atoms with Crippen LogP contribution in [0.2, 0.25) is 0 Å².